The number of para-hydroxylation sites is 1. The molecule has 0 aliphatic heterocycles. The van der Waals surface area contributed by atoms with Crippen molar-refractivity contribution in [2.24, 2.45) is 5.92 Å². The largest absolute Gasteiger partial charge is 0.497 e. The number of carbonyl (C=O) groups excluding carboxylic acids is 4. The second-order valence-corrected chi connectivity index (χ2v) is 13.1. The Balaban J connectivity index is 1.73. The van der Waals surface area contributed by atoms with E-state index < -0.39 is 42.3 Å². The molecule has 4 amide bonds. The first kappa shape index (κ1) is 39.8. The van der Waals surface area contributed by atoms with Crippen molar-refractivity contribution in [1.29, 1.82) is 0 Å². The number of amides is 4. The van der Waals surface area contributed by atoms with Crippen molar-refractivity contribution in [3.8, 4) is 11.5 Å². The molecule has 0 spiro atoms. The number of nitrogens with zero attached hydrogens (tertiary/aromatic N) is 2. The van der Waals surface area contributed by atoms with Crippen molar-refractivity contribution in [1.82, 2.24) is 9.80 Å². The van der Waals surface area contributed by atoms with E-state index in [9.17, 15) is 29.1 Å². The smallest absolute Gasteiger partial charge is 0.323 e. The molecule has 0 bridgehead atoms. The predicted molar refractivity (Wildman–Crippen MR) is 197 cm³/mol. The van der Waals surface area contributed by atoms with Crippen LogP contribution in [0, 0.1) is 12.8 Å². The first-order valence-electron chi connectivity index (χ1n) is 16.7. The average molecular weight is 704 g/mol. The highest BCUT2D eigenvalue weighted by Crippen LogP contribution is 2.26. The molecule has 13 heteroatoms. The number of hydrogen-bond donors (Lipinski definition) is 4. The number of carbonyl (C=O) groups is 5. The summed E-state index contributed by atoms with van der Waals surface area (Å²) in [6, 6.07) is 18.6. The highest BCUT2D eigenvalue weighted by atomic mass is 16.5. The van der Waals surface area contributed by atoms with E-state index in [-0.39, 0.29) is 42.6 Å². The third-order valence-corrected chi connectivity index (χ3v) is 8.20. The molecule has 0 radical (unpaired) electrons. The van der Waals surface area contributed by atoms with Crippen molar-refractivity contribution in [3.63, 3.8) is 0 Å². The van der Waals surface area contributed by atoms with Crippen LogP contribution in [-0.2, 0) is 14.4 Å². The SMILES string of the molecule is COc1ccc(OC)c(C(=O)N(CCC(=O)O)CC(=O)N(CCC(C)C)CC(=O)C(C)(C)Nc2ccc(NC(=O)Nc3ccccc3C)cc2)c1. The second-order valence-electron chi connectivity index (χ2n) is 13.1. The number of methoxy groups -OCH3 is 2. The van der Waals surface area contributed by atoms with Gasteiger partial charge in [-0.25, -0.2) is 4.79 Å². The van der Waals surface area contributed by atoms with Gasteiger partial charge in [-0.2, -0.15) is 0 Å². The molecule has 3 aromatic rings. The Kier molecular flexibility index (Phi) is 14.4. The van der Waals surface area contributed by atoms with Gasteiger partial charge in [-0.15, -0.1) is 0 Å². The minimum atomic E-state index is -1.13. The van der Waals surface area contributed by atoms with Gasteiger partial charge in [-0.1, -0.05) is 32.0 Å². The summed E-state index contributed by atoms with van der Waals surface area (Å²) in [6.45, 7) is 8.64. The van der Waals surface area contributed by atoms with Gasteiger partial charge >= 0.3 is 12.0 Å². The molecule has 0 aromatic heterocycles. The number of carboxylic acids is 1. The van der Waals surface area contributed by atoms with Crippen LogP contribution in [0.4, 0.5) is 21.9 Å². The maximum atomic E-state index is 13.8. The number of ether oxygens (including phenoxy) is 2. The van der Waals surface area contributed by atoms with Gasteiger partial charge in [0, 0.05) is 30.2 Å². The Morgan fingerprint density at radius 2 is 1.49 bits per heavy atom. The van der Waals surface area contributed by atoms with Gasteiger partial charge < -0.3 is 40.3 Å². The predicted octanol–water partition coefficient (Wildman–Crippen LogP) is 5.91. The summed E-state index contributed by atoms with van der Waals surface area (Å²) >= 11 is 0. The normalized spacial score (nSPS) is 11.0. The first-order valence-corrected chi connectivity index (χ1v) is 16.7. The Morgan fingerprint density at radius 3 is 2.10 bits per heavy atom. The van der Waals surface area contributed by atoms with E-state index in [2.05, 4.69) is 16.0 Å². The maximum Gasteiger partial charge on any atom is 0.323 e. The topological polar surface area (TPSA) is 167 Å². The Bertz CT molecular complexity index is 1690. The van der Waals surface area contributed by atoms with Gasteiger partial charge in [-0.3, -0.25) is 19.2 Å². The molecule has 0 unspecified atom stereocenters. The summed E-state index contributed by atoms with van der Waals surface area (Å²) in [7, 11) is 2.85. The molecule has 3 rings (SSSR count). The van der Waals surface area contributed by atoms with Crippen LogP contribution in [-0.4, -0.2) is 90.4 Å². The monoisotopic (exact) mass is 703 g/mol. The second kappa shape index (κ2) is 18.4. The summed E-state index contributed by atoms with van der Waals surface area (Å²) in [5.41, 5.74) is 1.80. The Hall–Kier alpha value is -5.59. The summed E-state index contributed by atoms with van der Waals surface area (Å²) in [5.74, 6) is -1.68. The number of nitrogens with one attached hydrogen (secondary N) is 3. The lowest BCUT2D eigenvalue weighted by atomic mass is 9.97. The molecule has 0 aliphatic rings. The molecule has 0 heterocycles. The van der Waals surface area contributed by atoms with Crippen LogP contribution in [0.15, 0.2) is 66.7 Å². The lowest BCUT2D eigenvalue weighted by Gasteiger charge is -2.32. The average Bonchev–Trinajstić information content (AvgIpc) is 3.09. The molecule has 3 aromatic carbocycles. The highest BCUT2D eigenvalue weighted by Gasteiger charge is 2.32. The summed E-state index contributed by atoms with van der Waals surface area (Å²) < 4.78 is 10.6. The number of anilines is 3. The zero-order valence-corrected chi connectivity index (χ0v) is 30.4. The number of aryl methyl sites for hydroxylation is 1. The van der Waals surface area contributed by atoms with Crippen molar-refractivity contribution in [2.45, 2.75) is 53.0 Å². The number of hydrogen-bond acceptors (Lipinski definition) is 8. The van der Waals surface area contributed by atoms with Crippen LogP contribution in [0.5, 0.6) is 11.5 Å². The van der Waals surface area contributed by atoms with E-state index >= 15 is 0 Å². The molecule has 274 valence electrons. The van der Waals surface area contributed by atoms with Crippen LogP contribution in [0.25, 0.3) is 0 Å². The minimum Gasteiger partial charge on any atom is -0.497 e. The third kappa shape index (κ3) is 12.1. The molecular weight excluding hydrogens is 654 g/mol. The number of benzene rings is 3. The van der Waals surface area contributed by atoms with Gasteiger partial charge in [0.1, 0.15) is 18.0 Å². The number of ketones is 1. The molecule has 51 heavy (non-hydrogen) atoms. The molecule has 13 nitrogen and oxygen atoms in total. The standard InChI is InChI=1S/C38H49N5O8/c1-25(2)18-20-42(34(45)24-43(21-19-35(46)47)36(48)30-22-29(50-6)16-17-32(30)51-7)23-33(44)38(4,5)41-28-14-12-27(13-15-28)39-37(49)40-31-11-9-8-10-26(31)3/h8-17,22,25,41H,18-21,23-24H2,1-7H3,(H,46,47)(H2,39,40,49). The van der Waals surface area contributed by atoms with Gasteiger partial charge in [0.25, 0.3) is 5.91 Å². The zero-order chi connectivity index (χ0) is 37.7. The molecule has 4 N–H and O–H groups in total. The van der Waals surface area contributed by atoms with Crippen LogP contribution in [0.1, 0.15) is 56.5 Å². The Morgan fingerprint density at radius 1 is 0.824 bits per heavy atom. The highest BCUT2D eigenvalue weighted by molar-refractivity contribution is 6.01. The fourth-order valence-corrected chi connectivity index (χ4v) is 5.04. The lowest BCUT2D eigenvalue weighted by molar-refractivity contribution is -0.139. The number of aliphatic carboxylic acids is 1. The molecule has 0 saturated heterocycles. The van der Waals surface area contributed by atoms with Gasteiger partial charge in [0.2, 0.25) is 5.91 Å². The van der Waals surface area contributed by atoms with Crippen molar-refractivity contribution >= 4 is 46.7 Å². The van der Waals surface area contributed by atoms with Crippen molar-refractivity contribution < 1.29 is 38.6 Å². The van der Waals surface area contributed by atoms with E-state index in [1.165, 1.54) is 25.2 Å². The van der Waals surface area contributed by atoms with Crippen molar-refractivity contribution in [2.75, 3.05) is 56.3 Å². The number of urea groups is 1. The number of Topliss-reactive ketones (excluding diaryl/α,β-unsaturated/α-hetero) is 1. The Labute approximate surface area is 299 Å². The lowest BCUT2D eigenvalue weighted by Crippen LogP contribution is -2.50. The zero-order valence-electron chi connectivity index (χ0n) is 30.4. The van der Waals surface area contributed by atoms with Gasteiger partial charge in [0.15, 0.2) is 5.78 Å². The molecule has 0 aliphatic carbocycles. The minimum absolute atomic E-state index is 0.110. The van der Waals surface area contributed by atoms with Crippen LogP contribution >= 0.6 is 0 Å². The summed E-state index contributed by atoms with van der Waals surface area (Å²) in [4.78, 5) is 67.8. The quantitative estimate of drug-likeness (QED) is 0.126. The van der Waals surface area contributed by atoms with Gasteiger partial charge in [0.05, 0.1) is 38.3 Å². The number of carboxylic acid groups (broad SMARTS) is 1. The summed E-state index contributed by atoms with van der Waals surface area (Å²) in [6.07, 6.45) is 0.213. The fourth-order valence-electron chi connectivity index (χ4n) is 5.04. The van der Waals surface area contributed by atoms with E-state index in [1.54, 1.807) is 50.2 Å². The van der Waals surface area contributed by atoms with E-state index in [4.69, 9.17) is 9.47 Å². The molecule has 0 saturated carbocycles. The molecular formula is C38H49N5O8. The third-order valence-electron chi connectivity index (χ3n) is 8.20. The van der Waals surface area contributed by atoms with Gasteiger partial charge in [-0.05, 0) is 87.2 Å². The number of rotatable bonds is 18. The van der Waals surface area contributed by atoms with Crippen molar-refractivity contribution in [3.05, 3.63) is 77.9 Å². The maximum absolute atomic E-state index is 13.8. The molecule has 0 fully saturated rings. The first-order chi connectivity index (χ1) is 24.1. The van der Waals surface area contributed by atoms with E-state index in [1.807, 2.05) is 45.0 Å². The fraction of sp³-hybridized carbons (Fsp3) is 0.395. The summed E-state index contributed by atoms with van der Waals surface area (Å²) in [5, 5.41) is 18.2. The van der Waals surface area contributed by atoms with Crippen LogP contribution in [0.2, 0.25) is 0 Å². The van der Waals surface area contributed by atoms with E-state index in [0.717, 1.165) is 10.5 Å². The van der Waals surface area contributed by atoms with E-state index in [0.29, 0.717) is 29.2 Å². The molecule has 0 atom stereocenters. The van der Waals surface area contributed by atoms with Crippen LogP contribution < -0.4 is 25.4 Å². The van der Waals surface area contributed by atoms with Crippen LogP contribution in [0.3, 0.4) is 0 Å².